The average Bonchev–Trinajstić information content (AvgIpc) is 2.45. The van der Waals surface area contributed by atoms with E-state index in [1.807, 2.05) is 0 Å². The zero-order valence-electron chi connectivity index (χ0n) is 12.2. The van der Waals surface area contributed by atoms with Crippen LogP contribution in [0.2, 0.25) is 0 Å². The van der Waals surface area contributed by atoms with Crippen molar-refractivity contribution in [1.82, 2.24) is 9.21 Å². The Morgan fingerprint density at radius 1 is 1.23 bits per heavy atom. The highest BCUT2D eigenvalue weighted by Gasteiger charge is 2.50. The van der Waals surface area contributed by atoms with E-state index in [1.165, 1.54) is 11.2 Å². The molecule has 0 aromatic heterocycles. The van der Waals surface area contributed by atoms with Crippen LogP contribution in [0.4, 0.5) is 0 Å². The molecular weight excluding hydrogens is 372 g/mol. The molecule has 22 heavy (non-hydrogen) atoms. The molecule has 0 saturated carbocycles. The van der Waals surface area contributed by atoms with Crippen LogP contribution in [0.15, 0.2) is 33.6 Å². The van der Waals surface area contributed by atoms with Crippen LogP contribution >= 0.6 is 15.9 Å². The van der Waals surface area contributed by atoms with Gasteiger partial charge in [-0.15, -0.1) is 0 Å². The van der Waals surface area contributed by atoms with Crippen molar-refractivity contribution in [2.24, 2.45) is 0 Å². The molecule has 0 atom stereocenters. The molecule has 0 unspecified atom stereocenters. The van der Waals surface area contributed by atoms with Crippen molar-refractivity contribution in [2.45, 2.75) is 17.4 Å². The van der Waals surface area contributed by atoms with Crippen LogP contribution in [0.3, 0.4) is 0 Å². The fourth-order valence-electron chi connectivity index (χ4n) is 2.83. The number of halogens is 1. The highest BCUT2D eigenvalue weighted by atomic mass is 79.9. The number of hydrogen-bond donors (Lipinski definition) is 0. The zero-order chi connectivity index (χ0) is 16.0. The first-order valence-corrected chi connectivity index (χ1v) is 9.21. The van der Waals surface area contributed by atoms with Gasteiger partial charge in [-0.05, 0) is 24.3 Å². The summed E-state index contributed by atoms with van der Waals surface area (Å²) < 4.78 is 33.5. The summed E-state index contributed by atoms with van der Waals surface area (Å²) in [6.07, 6.45) is 0. The molecule has 2 aliphatic heterocycles. The molecule has 0 N–H and O–H groups in total. The van der Waals surface area contributed by atoms with Crippen LogP contribution in [0.1, 0.15) is 6.92 Å². The van der Waals surface area contributed by atoms with Crippen LogP contribution in [0.25, 0.3) is 0 Å². The van der Waals surface area contributed by atoms with Crippen LogP contribution < -0.4 is 0 Å². The van der Waals surface area contributed by atoms with E-state index in [0.29, 0.717) is 26.2 Å². The van der Waals surface area contributed by atoms with Gasteiger partial charge in [0.25, 0.3) is 0 Å². The smallest absolute Gasteiger partial charge is 0.243 e. The maximum absolute atomic E-state index is 12.7. The quantitative estimate of drug-likeness (QED) is 0.759. The number of ether oxygens (including phenoxy) is 1. The second-order valence-corrected chi connectivity index (χ2v) is 8.55. The Bertz CT molecular complexity index is 683. The van der Waals surface area contributed by atoms with Gasteiger partial charge in [-0.1, -0.05) is 15.9 Å². The second kappa shape index (κ2) is 5.59. The predicted octanol–water partition coefficient (Wildman–Crippen LogP) is 1.07. The first-order valence-electron chi connectivity index (χ1n) is 6.98. The summed E-state index contributed by atoms with van der Waals surface area (Å²) in [5.74, 6) is -0.0119. The monoisotopic (exact) mass is 388 g/mol. The highest BCUT2D eigenvalue weighted by Crippen LogP contribution is 2.31. The van der Waals surface area contributed by atoms with E-state index >= 15 is 0 Å². The largest absolute Gasteiger partial charge is 0.369 e. The molecule has 0 radical (unpaired) electrons. The molecule has 2 aliphatic rings. The number of benzene rings is 1. The molecule has 1 aromatic rings. The molecule has 6 nitrogen and oxygen atoms in total. The van der Waals surface area contributed by atoms with Gasteiger partial charge in [0.05, 0.1) is 24.6 Å². The molecule has 2 heterocycles. The van der Waals surface area contributed by atoms with E-state index in [4.69, 9.17) is 4.74 Å². The fraction of sp³-hybridized carbons (Fsp3) is 0.500. The zero-order valence-corrected chi connectivity index (χ0v) is 14.6. The summed E-state index contributed by atoms with van der Waals surface area (Å²) >= 11 is 3.30. The summed E-state index contributed by atoms with van der Waals surface area (Å²) in [5.41, 5.74) is -0.549. The lowest BCUT2D eigenvalue weighted by Gasteiger charge is -2.53. The van der Waals surface area contributed by atoms with E-state index < -0.39 is 15.6 Å². The average molecular weight is 389 g/mol. The fourth-order valence-corrected chi connectivity index (χ4v) is 4.60. The maximum Gasteiger partial charge on any atom is 0.243 e. The Morgan fingerprint density at radius 3 is 2.45 bits per heavy atom. The molecule has 1 spiro atoms. The number of carbonyl (C=O) groups is 1. The van der Waals surface area contributed by atoms with E-state index in [2.05, 4.69) is 15.9 Å². The van der Waals surface area contributed by atoms with Gasteiger partial charge in [0.1, 0.15) is 5.60 Å². The molecule has 120 valence electrons. The molecule has 0 aliphatic carbocycles. The Labute approximate surface area is 138 Å². The van der Waals surface area contributed by atoms with Crippen LogP contribution in [-0.2, 0) is 19.6 Å². The number of nitrogens with zero attached hydrogens (tertiary/aromatic N) is 2. The summed E-state index contributed by atoms with van der Waals surface area (Å²) in [6, 6.07) is 6.60. The van der Waals surface area contributed by atoms with Gasteiger partial charge < -0.3 is 9.64 Å². The minimum absolute atomic E-state index is 0.0119. The topological polar surface area (TPSA) is 66.9 Å². The van der Waals surface area contributed by atoms with Crippen molar-refractivity contribution >= 4 is 31.9 Å². The molecular formula is C14H17BrN2O4S. The number of rotatable bonds is 2. The second-order valence-electron chi connectivity index (χ2n) is 5.70. The minimum Gasteiger partial charge on any atom is -0.369 e. The van der Waals surface area contributed by atoms with Gasteiger partial charge in [0, 0.05) is 24.5 Å². The summed E-state index contributed by atoms with van der Waals surface area (Å²) in [7, 11) is -3.53. The van der Waals surface area contributed by atoms with E-state index in [0.717, 1.165) is 4.47 Å². The van der Waals surface area contributed by atoms with E-state index in [9.17, 15) is 13.2 Å². The summed E-state index contributed by atoms with van der Waals surface area (Å²) in [6.45, 7) is 3.38. The number of sulfonamides is 1. The predicted molar refractivity (Wildman–Crippen MR) is 83.8 cm³/mol. The van der Waals surface area contributed by atoms with Gasteiger partial charge in [0.2, 0.25) is 15.9 Å². The normalized spacial score (nSPS) is 21.6. The van der Waals surface area contributed by atoms with E-state index in [-0.39, 0.29) is 17.3 Å². The van der Waals surface area contributed by atoms with Gasteiger partial charge in [-0.2, -0.15) is 4.31 Å². The number of morpholine rings is 1. The number of carbonyl (C=O) groups excluding carboxylic acids is 1. The lowest BCUT2D eigenvalue weighted by Crippen LogP contribution is -2.71. The highest BCUT2D eigenvalue weighted by molar-refractivity contribution is 9.10. The molecule has 2 fully saturated rings. The Hall–Kier alpha value is -0.960. The van der Waals surface area contributed by atoms with E-state index in [1.54, 1.807) is 29.2 Å². The standard InChI is InChI=1S/C14H17BrN2O4S/c1-11(18)16-8-14(9-16)10-17(6-7-21-14)22(19,20)13-4-2-12(15)3-5-13/h2-5H,6-10H2,1H3. The van der Waals surface area contributed by atoms with Crippen molar-refractivity contribution in [3.8, 4) is 0 Å². The summed E-state index contributed by atoms with van der Waals surface area (Å²) in [5, 5.41) is 0. The lowest BCUT2D eigenvalue weighted by atomic mass is 9.92. The third kappa shape index (κ3) is 2.80. The van der Waals surface area contributed by atoms with Crippen molar-refractivity contribution in [2.75, 3.05) is 32.8 Å². The first-order chi connectivity index (χ1) is 10.3. The number of amides is 1. The molecule has 3 rings (SSSR count). The number of hydrogen-bond acceptors (Lipinski definition) is 4. The summed E-state index contributed by atoms with van der Waals surface area (Å²) in [4.78, 5) is 13.3. The molecule has 0 bridgehead atoms. The van der Waals surface area contributed by atoms with Crippen LogP contribution in [-0.4, -0.2) is 61.9 Å². The van der Waals surface area contributed by atoms with Gasteiger partial charge in [-0.3, -0.25) is 4.79 Å². The van der Waals surface area contributed by atoms with Gasteiger partial charge >= 0.3 is 0 Å². The van der Waals surface area contributed by atoms with Crippen molar-refractivity contribution in [3.05, 3.63) is 28.7 Å². The maximum atomic E-state index is 12.7. The molecule has 2 saturated heterocycles. The third-order valence-corrected chi connectivity index (χ3v) is 6.46. The molecule has 1 aromatic carbocycles. The Morgan fingerprint density at radius 2 is 1.86 bits per heavy atom. The SMILES string of the molecule is CC(=O)N1CC2(C1)CN(S(=O)(=O)c1ccc(Br)cc1)CCO2. The molecule has 1 amide bonds. The Kier molecular flexibility index (Phi) is 4.05. The van der Waals surface area contributed by atoms with Crippen molar-refractivity contribution < 1.29 is 17.9 Å². The lowest BCUT2D eigenvalue weighted by molar-refractivity contribution is -0.181. The number of likely N-dealkylation sites (tertiary alicyclic amines) is 1. The van der Waals surface area contributed by atoms with Crippen LogP contribution in [0.5, 0.6) is 0 Å². The van der Waals surface area contributed by atoms with Gasteiger partial charge in [0.15, 0.2) is 0 Å². The molecule has 8 heteroatoms. The van der Waals surface area contributed by atoms with Crippen molar-refractivity contribution in [1.29, 1.82) is 0 Å². The first kappa shape index (κ1) is 15.9. The third-order valence-electron chi connectivity index (χ3n) is 4.07. The minimum atomic E-state index is -3.53. The van der Waals surface area contributed by atoms with Crippen LogP contribution in [0, 0.1) is 0 Å². The van der Waals surface area contributed by atoms with Gasteiger partial charge in [-0.25, -0.2) is 8.42 Å². The van der Waals surface area contributed by atoms with Crippen molar-refractivity contribution in [3.63, 3.8) is 0 Å². The Balaban J connectivity index is 1.77.